The molecule has 1 radical (unpaired) electrons. The van der Waals surface area contributed by atoms with Gasteiger partial charge in [0.1, 0.15) is 0 Å². The van der Waals surface area contributed by atoms with Gasteiger partial charge in [0.05, 0.1) is 8.07 Å². The van der Waals surface area contributed by atoms with Gasteiger partial charge >= 0.3 is 0 Å². The summed E-state index contributed by atoms with van der Waals surface area (Å²) in [5.74, 6) is 1.28. The van der Waals surface area contributed by atoms with Gasteiger partial charge in [0.2, 0.25) is 0 Å². The zero-order valence-corrected chi connectivity index (χ0v) is 29.1. The molecule has 1 aliphatic carbocycles. The predicted molar refractivity (Wildman–Crippen MR) is 179 cm³/mol. The first-order valence-electron chi connectivity index (χ1n) is 14.6. The molecule has 7 rings (SSSR count). The summed E-state index contributed by atoms with van der Waals surface area (Å²) < 4.78 is 2.70. The van der Waals surface area contributed by atoms with Crippen molar-refractivity contribution in [3.05, 3.63) is 115 Å². The second kappa shape index (κ2) is 12.7. The van der Waals surface area contributed by atoms with Crippen molar-refractivity contribution in [2.75, 3.05) is 0 Å². The monoisotopic (exact) mass is 761 g/mol. The summed E-state index contributed by atoms with van der Waals surface area (Å²) in [5.41, 5.74) is 6.88. The molecule has 0 unspecified atom stereocenters. The van der Waals surface area contributed by atoms with Crippen LogP contribution in [-0.2, 0) is 20.1 Å². The van der Waals surface area contributed by atoms with Crippen LogP contribution >= 0.6 is 11.3 Å². The fraction of sp³-hybridized carbons (Fsp3) is 0.243. The maximum atomic E-state index is 4.79. The van der Waals surface area contributed by atoms with Crippen LogP contribution in [-0.4, -0.2) is 18.0 Å². The van der Waals surface area contributed by atoms with Gasteiger partial charge in [-0.3, -0.25) is 0 Å². The Kier molecular flexibility index (Phi) is 9.24. The average Bonchev–Trinajstić information content (AvgIpc) is 3.77. The second-order valence-corrected chi connectivity index (χ2v) is 18.4. The molecule has 0 spiro atoms. The maximum Gasteiger partial charge on any atom is 0.0783 e. The molecule has 0 saturated heterocycles. The third-order valence-corrected chi connectivity index (χ3v) is 11.0. The van der Waals surface area contributed by atoms with Crippen molar-refractivity contribution in [3.8, 4) is 22.5 Å². The molecule has 6 aromatic rings. The van der Waals surface area contributed by atoms with Gasteiger partial charge < -0.3 is 9.97 Å². The Morgan fingerprint density at radius 2 is 1.60 bits per heavy atom. The number of thiophene rings is 1. The van der Waals surface area contributed by atoms with Gasteiger partial charge in [0.25, 0.3) is 0 Å². The number of rotatable bonds is 5. The zero-order chi connectivity index (χ0) is 28.6. The van der Waals surface area contributed by atoms with E-state index in [1.807, 2.05) is 41.8 Å². The minimum Gasteiger partial charge on any atom is -0.304 e. The number of fused-ring (bicyclic) bond motifs is 3. The molecule has 0 amide bonds. The topological polar surface area (TPSA) is 25.8 Å². The molecule has 1 saturated carbocycles. The van der Waals surface area contributed by atoms with Gasteiger partial charge in [-0.15, -0.1) is 59.7 Å². The number of benzene rings is 3. The van der Waals surface area contributed by atoms with Crippen LogP contribution in [0.15, 0.2) is 91.3 Å². The Labute approximate surface area is 268 Å². The Bertz CT molecular complexity index is 1780. The van der Waals surface area contributed by atoms with Crippen molar-refractivity contribution >= 4 is 44.8 Å². The van der Waals surface area contributed by atoms with Crippen molar-refractivity contribution in [2.24, 2.45) is 0 Å². The summed E-state index contributed by atoms with van der Waals surface area (Å²) in [4.78, 5) is 9.22. The van der Waals surface area contributed by atoms with Crippen LogP contribution in [0, 0.1) is 12.1 Å². The van der Waals surface area contributed by atoms with Crippen LogP contribution in [0.1, 0.15) is 49.7 Å². The Morgan fingerprint density at radius 3 is 2.21 bits per heavy atom. The van der Waals surface area contributed by atoms with E-state index < -0.39 is 8.07 Å². The molecule has 3 heterocycles. The molecule has 215 valence electrons. The van der Waals surface area contributed by atoms with E-state index in [4.69, 9.17) is 4.98 Å². The quantitative estimate of drug-likeness (QED) is 0.129. The van der Waals surface area contributed by atoms with Crippen molar-refractivity contribution in [2.45, 2.75) is 58.2 Å². The van der Waals surface area contributed by atoms with Crippen LogP contribution in [0.3, 0.4) is 0 Å². The molecule has 0 N–H and O–H groups in total. The van der Waals surface area contributed by atoms with Crippen molar-refractivity contribution in [3.63, 3.8) is 0 Å². The molecule has 0 aliphatic heterocycles. The predicted octanol–water partition coefficient (Wildman–Crippen LogP) is 10.0. The molecule has 2 nitrogen and oxygen atoms in total. The van der Waals surface area contributed by atoms with Crippen LogP contribution in [0.4, 0.5) is 0 Å². The standard InChI is InChI=1S/C23H22NSSi.C14H14N.Ir/c1-26(2,3)21-9-5-8-20-22(21)18-7-4-6-17(23(18)25-20)19-13-12-16(14-24-19)15-10-11-15;1-11(2)13-8-9-14(15-10-13)12-6-4-3-5-7-12;/h4-5,7-9,12-15H,10-11H2,1-3H3;3-6,8-11H,1-2H3;/q2*-1;. The minimum atomic E-state index is -1.41. The van der Waals surface area contributed by atoms with E-state index in [0.717, 1.165) is 28.4 Å². The van der Waals surface area contributed by atoms with Gasteiger partial charge in [-0.05, 0) is 63.3 Å². The third kappa shape index (κ3) is 6.50. The molecular weight excluding hydrogens is 725 g/mol. The van der Waals surface area contributed by atoms with Crippen LogP contribution in [0.25, 0.3) is 42.7 Å². The first kappa shape index (κ1) is 30.5. The molecule has 5 heteroatoms. The van der Waals surface area contributed by atoms with Crippen molar-refractivity contribution in [1.29, 1.82) is 0 Å². The molecule has 0 bridgehead atoms. The van der Waals surface area contributed by atoms with Gasteiger partial charge in [-0.2, -0.15) is 11.3 Å². The minimum absolute atomic E-state index is 0. The summed E-state index contributed by atoms with van der Waals surface area (Å²) in [5, 5.41) is 4.37. The first-order valence-corrected chi connectivity index (χ1v) is 18.9. The average molecular weight is 761 g/mol. The summed E-state index contributed by atoms with van der Waals surface area (Å²) in [6, 6.07) is 34.3. The Hall–Kier alpha value is -2.95. The molecule has 1 aliphatic rings. The summed E-state index contributed by atoms with van der Waals surface area (Å²) in [6.45, 7) is 11.6. The maximum absolute atomic E-state index is 4.79. The van der Waals surface area contributed by atoms with E-state index in [-0.39, 0.29) is 20.1 Å². The number of hydrogen-bond donors (Lipinski definition) is 0. The van der Waals surface area contributed by atoms with E-state index in [1.165, 1.54) is 44.1 Å². The molecular formula is C37H36IrN2SSi-2. The molecule has 1 fully saturated rings. The zero-order valence-electron chi connectivity index (χ0n) is 24.9. The Morgan fingerprint density at radius 1 is 0.810 bits per heavy atom. The second-order valence-electron chi connectivity index (χ2n) is 12.3. The third-order valence-electron chi connectivity index (χ3n) is 7.79. The first-order chi connectivity index (χ1) is 19.8. The smallest absolute Gasteiger partial charge is 0.0783 e. The van der Waals surface area contributed by atoms with E-state index in [0.29, 0.717) is 5.92 Å². The number of nitrogens with zero attached hydrogens (tertiary/aromatic N) is 2. The van der Waals surface area contributed by atoms with E-state index in [9.17, 15) is 0 Å². The van der Waals surface area contributed by atoms with E-state index in [1.54, 1.807) is 5.19 Å². The van der Waals surface area contributed by atoms with Gasteiger partial charge in [0.15, 0.2) is 0 Å². The van der Waals surface area contributed by atoms with Gasteiger partial charge in [-0.1, -0.05) is 80.5 Å². The number of aromatic nitrogens is 2. The SMILES string of the molecule is CC(C)c1ccc(-c2[c-]cccc2)nc1.C[Si](C)(C)c1cccc2sc3c(-c4ccc(C5CC5)cn4)[c-]ccc3c12.[Ir]. The summed E-state index contributed by atoms with van der Waals surface area (Å²) in [7, 11) is -1.41. The van der Waals surface area contributed by atoms with Crippen molar-refractivity contribution in [1.82, 2.24) is 9.97 Å². The van der Waals surface area contributed by atoms with Crippen LogP contribution in [0.2, 0.25) is 19.6 Å². The number of pyridine rings is 2. The van der Waals surface area contributed by atoms with Crippen molar-refractivity contribution < 1.29 is 20.1 Å². The molecule has 0 atom stereocenters. The summed E-state index contributed by atoms with van der Waals surface area (Å²) in [6.07, 6.45) is 6.65. The molecule has 3 aromatic heterocycles. The normalized spacial score (nSPS) is 13.1. The molecule has 3 aromatic carbocycles. The summed E-state index contributed by atoms with van der Waals surface area (Å²) >= 11 is 1.89. The van der Waals surface area contributed by atoms with Crippen LogP contribution in [0.5, 0.6) is 0 Å². The fourth-order valence-electron chi connectivity index (χ4n) is 5.28. The molecule has 42 heavy (non-hydrogen) atoms. The van der Waals surface area contributed by atoms with Gasteiger partial charge in [-0.25, -0.2) is 0 Å². The van der Waals surface area contributed by atoms with E-state index in [2.05, 4.69) is 111 Å². The Balaban J connectivity index is 0.000000189. The van der Waals surface area contributed by atoms with Crippen LogP contribution < -0.4 is 5.19 Å². The van der Waals surface area contributed by atoms with E-state index >= 15 is 0 Å². The number of hydrogen-bond acceptors (Lipinski definition) is 3. The fourth-order valence-corrected chi connectivity index (χ4v) is 8.22. The largest absolute Gasteiger partial charge is 0.304 e. The van der Waals surface area contributed by atoms with Gasteiger partial charge in [0, 0.05) is 37.2 Å².